The molecule has 0 aliphatic carbocycles. The molecule has 2 saturated heterocycles. The van der Waals surface area contributed by atoms with Gasteiger partial charge in [-0.1, -0.05) is 13.8 Å². The smallest absolute Gasteiger partial charge is 0.126 e. The van der Waals surface area contributed by atoms with Crippen LogP contribution in [0.15, 0.2) is 0 Å². The average molecular weight is 242 g/mol. The monoisotopic (exact) mass is 242 g/mol. The van der Waals surface area contributed by atoms with Gasteiger partial charge in [-0.15, -0.1) is 0 Å². The van der Waals surface area contributed by atoms with Crippen molar-refractivity contribution in [1.82, 2.24) is 9.80 Å². The molecule has 0 amide bonds. The summed E-state index contributed by atoms with van der Waals surface area (Å²) in [4.78, 5) is 4.71. The molecule has 2 fully saturated rings. The van der Waals surface area contributed by atoms with Crippen molar-refractivity contribution in [1.29, 1.82) is 0 Å². The van der Waals surface area contributed by atoms with Gasteiger partial charge < -0.3 is 4.90 Å². The Kier molecular flexibility index (Phi) is 4.42. The largest absolute Gasteiger partial charge is 0.303 e. The minimum Gasteiger partial charge on any atom is -0.303 e. The number of piperidine rings is 2. The Bertz CT molecular complexity index is 236. The van der Waals surface area contributed by atoms with Gasteiger partial charge in [0.25, 0.3) is 0 Å². The van der Waals surface area contributed by atoms with Crippen LogP contribution < -0.4 is 0 Å². The third-order valence-corrected chi connectivity index (χ3v) is 4.45. The Hall–Kier alpha value is -0.150. The molecule has 17 heavy (non-hydrogen) atoms. The maximum Gasteiger partial charge on any atom is 0.126 e. The molecule has 0 bridgehead atoms. The van der Waals surface area contributed by atoms with Crippen LogP contribution in [0.2, 0.25) is 0 Å². The zero-order valence-corrected chi connectivity index (χ0v) is 11.4. The third-order valence-electron chi connectivity index (χ3n) is 4.45. The molecule has 100 valence electrons. The van der Waals surface area contributed by atoms with Crippen LogP contribution in [0.4, 0.5) is 4.39 Å². The minimum atomic E-state index is -0.914. The summed E-state index contributed by atoms with van der Waals surface area (Å²) >= 11 is 0. The quantitative estimate of drug-likeness (QED) is 0.750. The van der Waals surface area contributed by atoms with Crippen LogP contribution in [-0.2, 0) is 0 Å². The second-order valence-corrected chi connectivity index (χ2v) is 6.07. The van der Waals surface area contributed by atoms with Crippen molar-refractivity contribution in [3.8, 4) is 0 Å². The van der Waals surface area contributed by atoms with Gasteiger partial charge in [0.05, 0.1) is 0 Å². The number of rotatable bonds is 3. The van der Waals surface area contributed by atoms with Crippen molar-refractivity contribution >= 4 is 0 Å². The molecule has 2 heterocycles. The van der Waals surface area contributed by atoms with Gasteiger partial charge in [-0.05, 0) is 44.7 Å². The number of halogens is 1. The predicted molar refractivity (Wildman–Crippen MR) is 70.0 cm³/mol. The fraction of sp³-hybridized carbons (Fsp3) is 1.00. The summed E-state index contributed by atoms with van der Waals surface area (Å²) in [6, 6.07) is 0. The lowest BCUT2D eigenvalue weighted by molar-refractivity contribution is 0.0151. The lowest BCUT2D eigenvalue weighted by Gasteiger charge is -2.41. The second kappa shape index (κ2) is 5.66. The molecular formula is C14H27FN2. The number of likely N-dealkylation sites (tertiary alicyclic amines) is 2. The normalized spacial score (nSPS) is 31.6. The van der Waals surface area contributed by atoms with E-state index in [1.54, 1.807) is 0 Å². The van der Waals surface area contributed by atoms with E-state index in [9.17, 15) is 4.39 Å². The van der Waals surface area contributed by atoms with Crippen molar-refractivity contribution < 1.29 is 4.39 Å². The molecule has 0 saturated carbocycles. The number of alkyl halides is 1. The molecule has 2 rings (SSSR count). The summed E-state index contributed by atoms with van der Waals surface area (Å²) < 4.78 is 14.7. The van der Waals surface area contributed by atoms with Gasteiger partial charge in [0.2, 0.25) is 0 Å². The van der Waals surface area contributed by atoms with E-state index in [0.29, 0.717) is 6.54 Å². The summed E-state index contributed by atoms with van der Waals surface area (Å²) in [5.74, 6) is 0.753. The maximum atomic E-state index is 14.7. The van der Waals surface area contributed by atoms with Crippen molar-refractivity contribution in [2.24, 2.45) is 5.92 Å². The summed E-state index contributed by atoms with van der Waals surface area (Å²) in [6.45, 7) is 10.3. The Balaban J connectivity index is 1.81. The molecule has 2 aliphatic heterocycles. The van der Waals surface area contributed by atoms with Gasteiger partial charge in [-0.25, -0.2) is 4.39 Å². The maximum absolute atomic E-state index is 14.7. The van der Waals surface area contributed by atoms with Crippen LogP contribution in [0.3, 0.4) is 0 Å². The zero-order valence-electron chi connectivity index (χ0n) is 11.4. The summed E-state index contributed by atoms with van der Waals surface area (Å²) in [7, 11) is 0. The van der Waals surface area contributed by atoms with E-state index in [2.05, 4.69) is 23.6 Å². The van der Waals surface area contributed by atoms with E-state index in [0.717, 1.165) is 51.5 Å². The van der Waals surface area contributed by atoms with Gasteiger partial charge >= 0.3 is 0 Å². The Labute approximate surface area is 105 Å². The number of nitrogens with zero attached hydrogens (tertiary/aromatic N) is 2. The predicted octanol–water partition coefficient (Wildman–Crippen LogP) is 2.54. The first kappa shape index (κ1) is 13.3. The standard InChI is InChI=1S/C14H27FN2/c1-3-16-9-6-14(15,7-10-16)12-17-8-4-5-13(2)11-17/h13H,3-12H2,1-2H3/t13-/m0/s1. The molecule has 1 atom stereocenters. The lowest BCUT2D eigenvalue weighted by atomic mass is 9.91. The molecule has 3 heteroatoms. The second-order valence-electron chi connectivity index (χ2n) is 6.07. The summed E-state index contributed by atoms with van der Waals surface area (Å²) in [5, 5.41) is 0. The van der Waals surface area contributed by atoms with E-state index in [1.165, 1.54) is 12.8 Å². The lowest BCUT2D eigenvalue weighted by Crippen LogP contribution is -2.50. The average Bonchev–Trinajstić information content (AvgIpc) is 2.29. The fourth-order valence-electron chi connectivity index (χ4n) is 3.26. The van der Waals surface area contributed by atoms with Crippen LogP contribution in [-0.4, -0.2) is 54.7 Å². The molecule has 0 N–H and O–H groups in total. The van der Waals surface area contributed by atoms with Crippen LogP contribution in [0.1, 0.15) is 39.5 Å². The van der Waals surface area contributed by atoms with Crippen LogP contribution in [0.25, 0.3) is 0 Å². The van der Waals surface area contributed by atoms with E-state index in [-0.39, 0.29) is 0 Å². The zero-order chi connectivity index (χ0) is 12.3. The Morgan fingerprint density at radius 2 is 1.88 bits per heavy atom. The third kappa shape index (κ3) is 3.65. The van der Waals surface area contributed by atoms with Crippen molar-refractivity contribution in [3.05, 3.63) is 0 Å². The summed E-state index contributed by atoms with van der Waals surface area (Å²) in [6.07, 6.45) is 4.02. The van der Waals surface area contributed by atoms with E-state index in [4.69, 9.17) is 0 Å². The SMILES string of the molecule is CCN1CCC(F)(CN2CCC[C@H](C)C2)CC1. The van der Waals surface area contributed by atoms with Gasteiger partial charge in [-0.2, -0.15) is 0 Å². The first-order chi connectivity index (χ1) is 8.11. The molecule has 0 aromatic carbocycles. The molecule has 2 nitrogen and oxygen atoms in total. The fourth-order valence-corrected chi connectivity index (χ4v) is 3.26. The topological polar surface area (TPSA) is 6.48 Å². The highest BCUT2D eigenvalue weighted by atomic mass is 19.1. The molecule has 0 aromatic rings. The van der Waals surface area contributed by atoms with Crippen LogP contribution in [0, 0.1) is 5.92 Å². The van der Waals surface area contributed by atoms with Crippen LogP contribution in [0.5, 0.6) is 0 Å². The van der Waals surface area contributed by atoms with Crippen LogP contribution >= 0.6 is 0 Å². The highest BCUT2D eigenvalue weighted by Gasteiger charge is 2.36. The summed E-state index contributed by atoms with van der Waals surface area (Å²) in [5.41, 5.74) is -0.914. The van der Waals surface area contributed by atoms with Crippen molar-refractivity contribution in [2.75, 3.05) is 39.3 Å². The molecule has 0 spiro atoms. The van der Waals surface area contributed by atoms with Crippen molar-refractivity contribution in [2.45, 2.75) is 45.2 Å². The van der Waals surface area contributed by atoms with E-state index < -0.39 is 5.67 Å². The minimum absolute atomic E-state index is 0.675. The molecule has 0 radical (unpaired) electrons. The molecular weight excluding hydrogens is 215 g/mol. The highest BCUT2D eigenvalue weighted by Crippen LogP contribution is 2.29. The first-order valence-corrected chi connectivity index (χ1v) is 7.25. The first-order valence-electron chi connectivity index (χ1n) is 7.25. The van der Waals surface area contributed by atoms with E-state index in [1.807, 2.05) is 0 Å². The Morgan fingerprint density at radius 1 is 1.18 bits per heavy atom. The van der Waals surface area contributed by atoms with E-state index >= 15 is 0 Å². The molecule has 0 aromatic heterocycles. The van der Waals surface area contributed by atoms with Crippen molar-refractivity contribution in [3.63, 3.8) is 0 Å². The highest BCUT2D eigenvalue weighted by molar-refractivity contribution is 4.90. The molecule has 2 aliphatic rings. The Morgan fingerprint density at radius 3 is 2.47 bits per heavy atom. The van der Waals surface area contributed by atoms with Gasteiger partial charge in [0, 0.05) is 26.2 Å². The van der Waals surface area contributed by atoms with Gasteiger partial charge in [0.15, 0.2) is 0 Å². The number of hydrogen-bond acceptors (Lipinski definition) is 2. The van der Waals surface area contributed by atoms with Gasteiger partial charge in [0.1, 0.15) is 5.67 Å². The number of hydrogen-bond donors (Lipinski definition) is 0. The molecule has 0 unspecified atom stereocenters. The van der Waals surface area contributed by atoms with Gasteiger partial charge in [-0.3, -0.25) is 4.90 Å².